The first-order valence-corrected chi connectivity index (χ1v) is 23.8. The third-order valence-corrected chi connectivity index (χ3v) is 14.8. The van der Waals surface area contributed by atoms with E-state index >= 15 is 0 Å². The number of nitriles is 1. The van der Waals surface area contributed by atoms with Gasteiger partial charge < -0.3 is 33.9 Å². The van der Waals surface area contributed by atoms with E-state index in [1.54, 1.807) is 36.4 Å². The Morgan fingerprint density at radius 2 is 1.69 bits per heavy atom. The molecule has 4 fully saturated rings. The number of anilines is 1. The highest BCUT2D eigenvalue weighted by Gasteiger charge is 2.64. The molecule has 2 saturated heterocycles. The average molecular weight is 933 g/mol. The van der Waals surface area contributed by atoms with Gasteiger partial charge in [-0.05, 0) is 68.4 Å². The molecular weight excluding hydrogens is 873 g/mol. The molecule has 2 aromatic carbocycles. The number of fused-ring (bicyclic) bond motifs is 9. The van der Waals surface area contributed by atoms with E-state index < -0.39 is 40.5 Å². The Balaban J connectivity index is 0.780. The minimum Gasteiger partial charge on any atom is -0.495 e. The van der Waals surface area contributed by atoms with Crippen LogP contribution in [-0.2, 0) is 14.3 Å². The van der Waals surface area contributed by atoms with Crippen LogP contribution < -0.4 is 34.5 Å². The molecule has 1 aromatic heterocycles. The smallest absolute Gasteiger partial charge is 0.272 e. The molecule has 3 aromatic rings. The maximum atomic E-state index is 13.7. The van der Waals surface area contributed by atoms with Crippen LogP contribution in [-0.4, -0.2) is 133 Å². The summed E-state index contributed by atoms with van der Waals surface area (Å²) >= 11 is 0. The van der Waals surface area contributed by atoms with Gasteiger partial charge in [-0.25, -0.2) is 0 Å². The third kappa shape index (κ3) is 9.05. The summed E-state index contributed by atoms with van der Waals surface area (Å²) in [5.74, 6) is 0.331. The van der Waals surface area contributed by atoms with Gasteiger partial charge in [-0.3, -0.25) is 39.1 Å². The van der Waals surface area contributed by atoms with Crippen LogP contribution in [0.5, 0.6) is 23.0 Å². The van der Waals surface area contributed by atoms with Gasteiger partial charge in [0.25, 0.3) is 17.7 Å². The lowest BCUT2D eigenvalue weighted by molar-refractivity contribution is -0.164. The largest absolute Gasteiger partial charge is 0.495 e. The van der Waals surface area contributed by atoms with Crippen molar-refractivity contribution in [3.63, 3.8) is 0 Å². The van der Waals surface area contributed by atoms with Crippen LogP contribution in [0.15, 0.2) is 42.5 Å². The minimum atomic E-state index is -1.08. The number of hydrogen-bond donors (Lipinski definition) is 2. The zero-order valence-electron chi connectivity index (χ0n) is 39.4. The lowest BCUT2D eigenvalue weighted by Crippen LogP contribution is -2.74. The predicted octanol–water partition coefficient (Wildman–Crippen LogP) is 4.69. The van der Waals surface area contributed by atoms with E-state index in [1.165, 1.54) is 7.11 Å². The number of piperidine rings is 2. The molecule has 7 aliphatic rings. The van der Waals surface area contributed by atoms with E-state index in [2.05, 4.69) is 64.4 Å². The zero-order chi connectivity index (χ0) is 47.9. The van der Waals surface area contributed by atoms with Crippen LogP contribution >= 0.6 is 0 Å². The van der Waals surface area contributed by atoms with Gasteiger partial charge in [-0.1, -0.05) is 27.7 Å². The standard InChI is InChI=1S/C50H60N8O10/c1-49(2)47(50(3,4)48(49)68-32-9-8-30(27-51)38(25-32)64-5)53-43(60)36-10-12-40(55-54-36)56-16-14-29(15-17-56)28-57-18-21-65-19-6-7-20-66-39-26-34(67-33-22-31(57)23-33)24-35-42(39)46(63)58(45(35)62)37-11-13-41(59)52-44(37)61/h8-10,12,24-26,29,31,33,37,47-48H,6-7,11,13-23,28H2,1-5H3,(H,53,60)(H,52,59,61)/t31-,33-,37?,47-,48-. The topological polar surface area (TPSA) is 215 Å². The average Bonchev–Trinajstić information content (AvgIpc) is 3.56. The van der Waals surface area contributed by atoms with Crippen molar-refractivity contribution in [2.24, 2.45) is 16.7 Å². The van der Waals surface area contributed by atoms with E-state index in [4.69, 9.17) is 23.7 Å². The molecule has 68 heavy (non-hydrogen) atoms. The SMILES string of the molecule is COc1cc(O[C@H]2C(C)(C)[C@H](NC(=O)c3ccc(N4CCC(CN5CCOCCCCOc6cc(cc7c6C(=O)N(C6CCC(=O)NC6=O)C7=O)O[C@H]6C[C@H]5C6)CC4)nn3)C2(C)C)ccc1C#N. The number of carbonyl (C=O) groups is 5. The molecule has 18 nitrogen and oxygen atoms in total. The molecule has 6 heterocycles. The van der Waals surface area contributed by atoms with Gasteiger partial charge in [-0.2, -0.15) is 5.26 Å². The molecular formula is C50H60N8O10. The molecule has 4 bridgehead atoms. The number of methoxy groups -OCH3 is 1. The number of ether oxygens (including phenoxy) is 5. The van der Waals surface area contributed by atoms with Gasteiger partial charge in [0.15, 0.2) is 11.5 Å². The Hall–Kier alpha value is -6.32. The molecule has 360 valence electrons. The Labute approximate surface area is 395 Å². The third-order valence-electron chi connectivity index (χ3n) is 14.8. The van der Waals surface area contributed by atoms with Crippen LogP contribution in [0.25, 0.3) is 0 Å². The maximum absolute atomic E-state index is 13.7. The predicted molar refractivity (Wildman–Crippen MR) is 246 cm³/mol. The quantitative estimate of drug-likeness (QED) is 0.279. The van der Waals surface area contributed by atoms with Crippen LogP contribution in [0.1, 0.15) is 116 Å². The highest BCUT2D eigenvalue weighted by atomic mass is 16.5. The van der Waals surface area contributed by atoms with E-state index in [0.717, 1.165) is 69.0 Å². The number of hydrogen-bond acceptors (Lipinski definition) is 15. The minimum absolute atomic E-state index is 0.0367. The fourth-order valence-electron chi connectivity index (χ4n) is 11.3. The summed E-state index contributed by atoms with van der Waals surface area (Å²) in [6.45, 7) is 13.1. The number of nitrogens with zero attached hydrogens (tertiary/aromatic N) is 6. The molecule has 1 unspecified atom stereocenters. The van der Waals surface area contributed by atoms with Gasteiger partial charge in [0.05, 0.1) is 37.0 Å². The Bertz CT molecular complexity index is 2480. The van der Waals surface area contributed by atoms with Crippen LogP contribution in [0.2, 0.25) is 0 Å². The van der Waals surface area contributed by atoms with Crippen LogP contribution in [0, 0.1) is 28.1 Å². The number of amides is 5. The summed E-state index contributed by atoms with van der Waals surface area (Å²) < 4.78 is 30.5. The highest BCUT2D eigenvalue weighted by Crippen LogP contribution is 2.56. The number of nitrogens with one attached hydrogen (secondary N) is 2. The molecule has 10 rings (SSSR count). The lowest BCUT2D eigenvalue weighted by atomic mass is 9.49. The number of aromatic nitrogens is 2. The second-order valence-corrected chi connectivity index (χ2v) is 20.0. The molecule has 5 amide bonds. The van der Waals surface area contributed by atoms with Crippen LogP contribution in [0.3, 0.4) is 0 Å². The van der Waals surface area contributed by atoms with E-state index in [-0.39, 0.29) is 65.6 Å². The molecule has 2 saturated carbocycles. The number of rotatable bonds is 9. The van der Waals surface area contributed by atoms with E-state index in [9.17, 15) is 29.2 Å². The van der Waals surface area contributed by atoms with Crippen molar-refractivity contribution in [1.82, 2.24) is 30.6 Å². The monoisotopic (exact) mass is 932 g/mol. The van der Waals surface area contributed by atoms with Gasteiger partial charge in [0, 0.05) is 87.1 Å². The Morgan fingerprint density at radius 3 is 2.40 bits per heavy atom. The van der Waals surface area contributed by atoms with Gasteiger partial charge in [0.1, 0.15) is 47.3 Å². The molecule has 2 N–H and O–H groups in total. The first kappa shape index (κ1) is 46.8. The summed E-state index contributed by atoms with van der Waals surface area (Å²) in [4.78, 5) is 71.2. The zero-order valence-corrected chi connectivity index (χ0v) is 39.4. The number of benzene rings is 2. The Morgan fingerprint density at radius 1 is 0.926 bits per heavy atom. The molecule has 1 atom stereocenters. The highest BCUT2D eigenvalue weighted by molar-refractivity contribution is 6.24. The second-order valence-electron chi connectivity index (χ2n) is 20.0. The maximum Gasteiger partial charge on any atom is 0.272 e. The lowest BCUT2D eigenvalue weighted by Gasteiger charge is -2.63. The molecule has 2 aliphatic carbocycles. The molecule has 5 aliphatic heterocycles. The van der Waals surface area contributed by atoms with Crippen molar-refractivity contribution >= 4 is 35.4 Å². The normalized spacial score (nSPS) is 26.2. The number of imide groups is 2. The summed E-state index contributed by atoms with van der Waals surface area (Å²) in [5, 5.41) is 23.7. The molecule has 0 spiro atoms. The van der Waals surface area contributed by atoms with Crippen LogP contribution in [0.4, 0.5) is 5.82 Å². The van der Waals surface area contributed by atoms with E-state index in [1.807, 2.05) is 6.07 Å². The van der Waals surface area contributed by atoms with Crippen molar-refractivity contribution in [3.8, 4) is 29.1 Å². The van der Waals surface area contributed by atoms with Crippen molar-refractivity contribution in [2.75, 3.05) is 58.0 Å². The first-order valence-electron chi connectivity index (χ1n) is 23.8. The first-order chi connectivity index (χ1) is 32.7. The summed E-state index contributed by atoms with van der Waals surface area (Å²) in [6, 6.07) is 13.2. The van der Waals surface area contributed by atoms with Gasteiger partial charge in [0.2, 0.25) is 11.8 Å². The van der Waals surface area contributed by atoms with E-state index in [0.29, 0.717) is 55.0 Å². The Kier molecular flexibility index (Phi) is 13.1. The molecule has 0 radical (unpaired) electrons. The summed E-state index contributed by atoms with van der Waals surface area (Å²) in [7, 11) is 1.52. The fraction of sp³-hybridized carbons (Fsp3) is 0.560. The molecule has 18 heteroatoms. The summed E-state index contributed by atoms with van der Waals surface area (Å²) in [5.41, 5.74) is 0.0988. The second kappa shape index (κ2) is 19.0. The van der Waals surface area contributed by atoms with Gasteiger partial charge in [-0.15, -0.1) is 10.2 Å². The van der Waals surface area contributed by atoms with Crippen molar-refractivity contribution in [3.05, 3.63) is 64.8 Å². The van der Waals surface area contributed by atoms with Crippen molar-refractivity contribution in [2.45, 2.75) is 109 Å². The van der Waals surface area contributed by atoms with Crippen molar-refractivity contribution in [1.29, 1.82) is 5.26 Å². The fourth-order valence-corrected chi connectivity index (χ4v) is 11.3. The van der Waals surface area contributed by atoms with Crippen molar-refractivity contribution < 1.29 is 47.7 Å². The van der Waals surface area contributed by atoms with Gasteiger partial charge >= 0.3 is 0 Å². The summed E-state index contributed by atoms with van der Waals surface area (Å²) in [6.07, 6.45) is 4.71. The number of carbonyl (C=O) groups excluding carboxylic acids is 5.